The van der Waals surface area contributed by atoms with Crippen molar-refractivity contribution in [3.8, 4) is 0 Å². The summed E-state index contributed by atoms with van der Waals surface area (Å²) in [5.74, 6) is 0.192. The maximum Gasteiger partial charge on any atom is 0.185 e. The highest BCUT2D eigenvalue weighted by molar-refractivity contribution is 6.13. The summed E-state index contributed by atoms with van der Waals surface area (Å²) in [5, 5.41) is 0. The third kappa shape index (κ3) is 3.81. The molecule has 23 heavy (non-hydrogen) atoms. The molecule has 116 valence electrons. The summed E-state index contributed by atoms with van der Waals surface area (Å²) in [6.07, 6.45) is 14.8. The number of carbonyl (C=O) groups is 1. The first kappa shape index (κ1) is 15.3. The van der Waals surface area contributed by atoms with Gasteiger partial charge in [-0.3, -0.25) is 4.79 Å². The summed E-state index contributed by atoms with van der Waals surface area (Å²) < 4.78 is 3.98. The van der Waals surface area contributed by atoms with Crippen LogP contribution in [0.1, 0.15) is 30.4 Å². The Bertz CT molecular complexity index is 703. The minimum atomic E-state index is 0.192. The molecular formula is C20H22N2O+2. The molecule has 0 atom stereocenters. The maximum absolute atomic E-state index is 12.7. The number of ketones is 1. The van der Waals surface area contributed by atoms with Gasteiger partial charge in [0.2, 0.25) is 0 Å². The van der Waals surface area contributed by atoms with Crippen LogP contribution in [0, 0.1) is 0 Å². The van der Waals surface area contributed by atoms with Crippen molar-refractivity contribution in [3.63, 3.8) is 0 Å². The summed E-state index contributed by atoms with van der Waals surface area (Å²) in [6, 6.07) is 8.15. The zero-order valence-electron chi connectivity index (χ0n) is 13.7. The molecule has 2 heterocycles. The normalized spacial score (nSPS) is 18.6. The molecule has 3 rings (SSSR count). The molecule has 2 aromatic heterocycles. The number of aromatic nitrogens is 2. The monoisotopic (exact) mass is 306 g/mol. The van der Waals surface area contributed by atoms with E-state index in [2.05, 4.69) is 0 Å². The summed E-state index contributed by atoms with van der Waals surface area (Å²) in [4.78, 5) is 12.7. The first-order valence-electron chi connectivity index (χ1n) is 7.98. The third-order valence-electron chi connectivity index (χ3n) is 4.17. The smallest absolute Gasteiger partial charge is 0.185 e. The molecule has 0 bridgehead atoms. The average molecular weight is 306 g/mol. The van der Waals surface area contributed by atoms with Crippen LogP contribution in [-0.4, -0.2) is 5.78 Å². The van der Waals surface area contributed by atoms with E-state index in [1.807, 2.05) is 84.4 Å². The minimum Gasteiger partial charge on any atom is -0.289 e. The Morgan fingerprint density at radius 2 is 1.17 bits per heavy atom. The molecule has 0 aliphatic heterocycles. The number of carbonyl (C=O) groups excluding carboxylic acids is 1. The highest BCUT2D eigenvalue weighted by atomic mass is 16.1. The third-order valence-corrected chi connectivity index (χ3v) is 4.17. The van der Waals surface area contributed by atoms with Crippen LogP contribution >= 0.6 is 0 Å². The molecule has 3 nitrogen and oxygen atoms in total. The fourth-order valence-corrected chi connectivity index (χ4v) is 2.80. The van der Waals surface area contributed by atoms with Gasteiger partial charge < -0.3 is 0 Å². The van der Waals surface area contributed by atoms with Crippen LogP contribution in [0.15, 0.2) is 60.2 Å². The Labute approximate surface area is 137 Å². The van der Waals surface area contributed by atoms with Gasteiger partial charge in [0.15, 0.2) is 30.6 Å². The number of hydrogen-bond acceptors (Lipinski definition) is 1. The van der Waals surface area contributed by atoms with Gasteiger partial charge in [-0.05, 0) is 42.5 Å². The van der Waals surface area contributed by atoms with Gasteiger partial charge in [0.1, 0.15) is 14.1 Å². The predicted molar refractivity (Wildman–Crippen MR) is 90.0 cm³/mol. The van der Waals surface area contributed by atoms with Crippen LogP contribution in [0.25, 0.3) is 12.2 Å². The van der Waals surface area contributed by atoms with E-state index in [-0.39, 0.29) is 5.78 Å². The maximum atomic E-state index is 12.7. The lowest BCUT2D eigenvalue weighted by atomic mass is 9.87. The predicted octanol–water partition coefficient (Wildman–Crippen LogP) is 2.56. The summed E-state index contributed by atoms with van der Waals surface area (Å²) >= 11 is 0. The van der Waals surface area contributed by atoms with Gasteiger partial charge in [-0.1, -0.05) is 0 Å². The molecule has 1 saturated carbocycles. The largest absolute Gasteiger partial charge is 0.289 e. The van der Waals surface area contributed by atoms with Gasteiger partial charge in [-0.25, -0.2) is 9.13 Å². The lowest BCUT2D eigenvalue weighted by Gasteiger charge is -2.16. The fraction of sp³-hybridized carbons (Fsp3) is 0.250. The van der Waals surface area contributed by atoms with E-state index in [4.69, 9.17) is 0 Å². The van der Waals surface area contributed by atoms with Crippen LogP contribution in [0.2, 0.25) is 0 Å². The van der Waals surface area contributed by atoms with Crippen molar-refractivity contribution < 1.29 is 13.9 Å². The Hall–Kier alpha value is -2.55. The number of rotatable bonds is 2. The van der Waals surface area contributed by atoms with Crippen molar-refractivity contribution in [2.45, 2.75) is 19.3 Å². The zero-order valence-corrected chi connectivity index (χ0v) is 13.7. The van der Waals surface area contributed by atoms with Crippen LogP contribution < -0.4 is 9.13 Å². The highest BCUT2D eigenvalue weighted by Gasteiger charge is 2.20. The van der Waals surface area contributed by atoms with Crippen molar-refractivity contribution in [3.05, 3.63) is 71.3 Å². The summed E-state index contributed by atoms with van der Waals surface area (Å²) in [6.45, 7) is 0. The van der Waals surface area contributed by atoms with Gasteiger partial charge in [0.05, 0.1) is 0 Å². The van der Waals surface area contributed by atoms with Crippen molar-refractivity contribution in [2.75, 3.05) is 0 Å². The van der Waals surface area contributed by atoms with E-state index < -0.39 is 0 Å². The average Bonchev–Trinajstić information content (AvgIpc) is 2.55. The van der Waals surface area contributed by atoms with E-state index in [9.17, 15) is 4.79 Å². The quantitative estimate of drug-likeness (QED) is 0.618. The van der Waals surface area contributed by atoms with Gasteiger partial charge in [-0.2, -0.15) is 0 Å². The number of allylic oxidation sites excluding steroid dienone is 2. The summed E-state index contributed by atoms with van der Waals surface area (Å²) in [5.41, 5.74) is 3.99. The molecule has 0 radical (unpaired) electrons. The topological polar surface area (TPSA) is 24.8 Å². The Kier molecular flexibility index (Phi) is 4.47. The van der Waals surface area contributed by atoms with Crippen molar-refractivity contribution in [1.29, 1.82) is 0 Å². The van der Waals surface area contributed by atoms with E-state index in [0.29, 0.717) is 0 Å². The van der Waals surface area contributed by atoms with E-state index >= 15 is 0 Å². The second-order valence-corrected chi connectivity index (χ2v) is 6.12. The molecule has 0 amide bonds. The molecule has 0 spiro atoms. The summed E-state index contributed by atoms with van der Waals surface area (Å²) in [7, 11) is 3.98. The van der Waals surface area contributed by atoms with Crippen LogP contribution in [0.4, 0.5) is 0 Å². The fourth-order valence-electron chi connectivity index (χ4n) is 2.80. The minimum absolute atomic E-state index is 0.192. The van der Waals surface area contributed by atoms with E-state index in [0.717, 1.165) is 41.5 Å². The molecule has 3 heteroatoms. The van der Waals surface area contributed by atoms with Crippen LogP contribution in [-0.2, 0) is 18.9 Å². The molecule has 0 aromatic carbocycles. The first-order valence-corrected chi connectivity index (χ1v) is 7.98. The van der Waals surface area contributed by atoms with Gasteiger partial charge >= 0.3 is 0 Å². The number of pyridine rings is 2. The second-order valence-electron chi connectivity index (χ2n) is 6.12. The Morgan fingerprint density at radius 1 is 0.783 bits per heavy atom. The van der Waals surface area contributed by atoms with Crippen molar-refractivity contribution >= 4 is 17.9 Å². The lowest BCUT2D eigenvalue weighted by Crippen LogP contribution is -2.25. The van der Waals surface area contributed by atoms with Crippen LogP contribution in [0.3, 0.4) is 0 Å². The van der Waals surface area contributed by atoms with Crippen LogP contribution in [0.5, 0.6) is 0 Å². The van der Waals surface area contributed by atoms with Crippen molar-refractivity contribution in [2.24, 2.45) is 14.1 Å². The molecule has 1 fully saturated rings. The SMILES string of the molecule is C[n+]1ccc(/C=C2\CCC/C(=C\c3cc[n+](C)cc3)C2=O)cc1. The van der Waals surface area contributed by atoms with E-state index in [1.165, 1.54) is 0 Å². The molecule has 2 aromatic rings. The molecule has 0 N–H and O–H groups in total. The number of hydrogen-bond donors (Lipinski definition) is 0. The number of nitrogens with zero attached hydrogens (tertiary/aromatic N) is 2. The van der Waals surface area contributed by atoms with Crippen molar-refractivity contribution in [1.82, 2.24) is 0 Å². The Balaban J connectivity index is 1.86. The molecule has 0 saturated heterocycles. The van der Waals surface area contributed by atoms with E-state index in [1.54, 1.807) is 0 Å². The number of Topliss-reactive ketones (excluding diaryl/α,β-unsaturated/α-hetero) is 1. The lowest BCUT2D eigenvalue weighted by molar-refractivity contribution is -0.671. The molecular weight excluding hydrogens is 284 g/mol. The van der Waals surface area contributed by atoms with Gasteiger partial charge in [-0.15, -0.1) is 0 Å². The standard InChI is InChI=1S/C20H22N2O/c1-21-10-6-16(7-11-21)14-18-4-3-5-19(20(18)23)15-17-8-12-22(2)13-9-17/h6-15H,3-5H2,1-2H3/q+2/b18-14+,19-15+. The Morgan fingerprint density at radius 3 is 1.57 bits per heavy atom. The second kappa shape index (κ2) is 6.69. The number of aryl methyl sites for hydroxylation is 2. The van der Waals surface area contributed by atoms with Gasteiger partial charge in [0.25, 0.3) is 0 Å². The molecule has 1 aliphatic carbocycles. The highest BCUT2D eigenvalue weighted by Crippen LogP contribution is 2.27. The first-order chi connectivity index (χ1) is 11.1. The molecule has 1 aliphatic rings. The molecule has 0 unspecified atom stereocenters. The van der Waals surface area contributed by atoms with Gasteiger partial charge in [0, 0.05) is 35.4 Å². The zero-order chi connectivity index (χ0) is 16.2.